The summed E-state index contributed by atoms with van der Waals surface area (Å²) >= 11 is 0. The molecule has 3 aromatic rings. The van der Waals surface area contributed by atoms with Gasteiger partial charge in [-0.2, -0.15) is 19.0 Å². The second kappa shape index (κ2) is 7.02. The fraction of sp³-hybridized carbons (Fsp3) is 0.250. The van der Waals surface area contributed by atoms with Crippen molar-refractivity contribution in [2.24, 2.45) is 0 Å². The Morgan fingerprint density at radius 2 is 2.22 bits per heavy atom. The number of H-pyrrole nitrogens is 1. The number of halogens is 2. The molecule has 0 atom stereocenters. The molecule has 0 spiro atoms. The summed E-state index contributed by atoms with van der Waals surface area (Å²) in [5.74, 6) is 0.693. The number of aromatic nitrogens is 6. The number of aliphatic hydroxyl groups is 1. The number of alkyl halides is 2. The third-order valence-electron chi connectivity index (χ3n) is 3.96. The number of hydrogen-bond acceptors (Lipinski definition) is 7. The molecule has 9 nitrogen and oxygen atoms in total. The van der Waals surface area contributed by atoms with Crippen molar-refractivity contribution < 1.29 is 18.6 Å². The van der Waals surface area contributed by atoms with Crippen LogP contribution in [0.2, 0.25) is 0 Å². The van der Waals surface area contributed by atoms with Crippen molar-refractivity contribution in [2.45, 2.75) is 26.0 Å². The zero-order chi connectivity index (χ0) is 18.8. The predicted octanol–water partition coefficient (Wildman–Crippen LogP) is 3.06. The first-order valence-electron chi connectivity index (χ1n) is 8.12. The highest BCUT2D eigenvalue weighted by Gasteiger charge is 2.14. The smallest absolute Gasteiger partial charge is 0.388 e. The van der Waals surface area contributed by atoms with Crippen LogP contribution in [0, 0.1) is 0 Å². The zero-order valence-corrected chi connectivity index (χ0v) is 13.9. The maximum absolute atomic E-state index is 12.2. The van der Waals surface area contributed by atoms with Crippen molar-refractivity contribution in [3.8, 4) is 5.88 Å². The molecule has 0 bridgehead atoms. The minimum Gasteiger partial charge on any atom is -0.508 e. The number of aliphatic hydroxyl groups excluding tert-OH is 1. The molecule has 0 radical (unpaired) electrons. The second-order valence-electron chi connectivity index (χ2n) is 5.82. The van der Waals surface area contributed by atoms with Gasteiger partial charge in [0.2, 0.25) is 5.88 Å². The van der Waals surface area contributed by atoms with Crippen molar-refractivity contribution in [1.82, 2.24) is 29.9 Å². The van der Waals surface area contributed by atoms with E-state index in [-0.39, 0.29) is 17.5 Å². The SMILES string of the molecule is OC1=C(Cn2ncc3ncc(Nc4cc(OC(F)F)[nH]n4)nc32)CCC=C1. The third-order valence-corrected chi connectivity index (χ3v) is 3.96. The van der Waals surface area contributed by atoms with E-state index >= 15 is 0 Å². The monoisotopic (exact) mass is 375 g/mol. The van der Waals surface area contributed by atoms with E-state index in [1.807, 2.05) is 6.08 Å². The summed E-state index contributed by atoms with van der Waals surface area (Å²) in [7, 11) is 0. The molecular formula is C16H15F2N7O2. The Kier molecular flexibility index (Phi) is 4.40. The quantitative estimate of drug-likeness (QED) is 0.607. The Bertz CT molecular complexity index is 1020. The fourth-order valence-corrected chi connectivity index (χ4v) is 2.72. The molecular weight excluding hydrogens is 360 g/mol. The van der Waals surface area contributed by atoms with Gasteiger partial charge < -0.3 is 15.2 Å². The summed E-state index contributed by atoms with van der Waals surface area (Å²) < 4.78 is 30.3. The first-order chi connectivity index (χ1) is 13.1. The van der Waals surface area contributed by atoms with Gasteiger partial charge in [-0.3, -0.25) is 0 Å². The zero-order valence-electron chi connectivity index (χ0n) is 13.9. The number of allylic oxidation sites excluding steroid dienone is 3. The lowest BCUT2D eigenvalue weighted by Gasteiger charge is -2.12. The second-order valence-corrected chi connectivity index (χ2v) is 5.82. The van der Waals surface area contributed by atoms with Crippen LogP contribution >= 0.6 is 0 Å². The Hall–Kier alpha value is -3.50. The largest absolute Gasteiger partial charge is 0.508 e. The molecule has 0 aromatic carbocycles. The lowest BCUT2D eigenvalue weighted by molar-refractivity contribution is -0.0528. The number of ether oxygens (including phenoxy) is 1. The van der Waals surface area contributed by atoms with Crippen LogP contribution in [0.4, 0.5) is 20.4 Å². The average molecular weight is 375 g/mol. The lowest BCUT2D eigenvalue weighted by atomic mass is 10.0. The molecule has 3 aromatic heterocycles. The predicted molar refractivity (Wildman–Crippen MR) is 91.9 cm³/mol. The van der Waals surface area contributed by atoms with Crippen LogP contribution in [0.3, 0.4) is 0 Å². The average Bonchev–Trinajstić information content (AvgIpc) is 3.23. The van der Waals surface area contributed by atoms with E-state index < -0.39 is 6.61 Å². The van der Waals surface area contributed by atoms with Gasteiger partial charge in [-0.25, -0.2) is 19.7 Å². The van der Waals surface area contributed by atoms with Crippen molar-refractivity contribution in [3.63, 3.8) is 0 Å². The first-order valence-corrected chi connectivity index (χ1v) is 8.12. The summed E-state index contributed by atoms with van der Waals surface area (Å²) in [6.07, 6.45) is 8.27. The number of hydrogen-bond donors (Lipinski definition) is 3. The molecule has 0 saturated heterocycles. The van der Waals surface area contributed by atoms with Crippen LogP contribution in [-0.2, 0) is 6.54 Å². The Morgan fingerprint density at radius 1 is 1.33 bits per heavy atom. The lowest BCUT2D eigenvalue weighted by Crippen LogP contribution is -2.08. The third kappa shape index (κ3) is 3.71. The molecule has 11 heteroatoms. The van der Waals surface area contributed by atoms with Crippen LogP contribution in [0.25, 0.3) is 11.2 Å². The van der Waals surface area contributed by atoms with E-state index in [4.69, 9.17) is 0 Å². The molecule has 1 aliphatic carbocycles. The standard InChI is InChI=1S/C16H15F2N7O2/c17-16(18)27-14-5-12(23-24-14)21-13-7-19-10-6-20-25(15(10)22-13)8-9-3-1-2-4-11(9)26/h2,4-7,16,26H,1,3,8H2,(H2,21,22,23,24). The number of anilines is 2. The van der Waals surface area contributed by atoms with Crippen LogP contribution in [-0.4, -0.2) is 41.7 Å². The van der Waals surface area contributed by atoms with Crippen LogP contribution in [0.1, 0.15) is 12.8 Å². The highest BCUT2D eigenvalue weighted by molar-refractivity contribution is 5.72. The van der Waals surface area contributed by atoms with E-state index in [9.17, 15) is 13.9 Å². The Balaban J connectivity index is 1.56. The van der Waals surface area contributed by atoms with E-state index in [0.717, 1.165) is 18.4 Å². The van der Waals surface area contributed by atoms with E-state index in [0.29, 0.717) is 23.5 Å². The van der Waals surface area contributed by atoms with E-state index in [1.165, 1.54) is 12.3 Å². The number of fused-ring (bicyclic) bond motifs is 1. The Morgan fingerprint density at radius 3 is 3.04 bits per heavy atom. The first kappa shape index (κ1) is 16.9. The minimum absolute atomic E-state index is 0.167. The molecule has 0 fully saturated rings. The summed E-state index contributed by atoms with van der Waals surface area (Å²) in [6, 6.07) is 1.28. The summed E-state index contributed by atoms with van der Waals surface area (Å²) in [5, 5.41) is 23.3. The van der Waals surface area contributed by atoms with Crippen molar-refractivity contribution in [1.29, 1.82) is 0 Å². The van der Waals surface area contributed by atoms with Gasteiger partial charge in [0.05, 0.1) is 18.9 Å². The maximum Gasteiger partial charge on any atom is 0.388 e. The molecule has 27 heavy (non-hydrogen) atoms. The van der Waals surface area contributed by atoms with Crippen molar-refractivity contribution in [3.05, 3.63) is 41.9 Å². The van der Waals surface area contributed by atoms with Crippen LogP contribution < -0.4 is 10.1 Å². The maximum atomic E-state index is 12.2. The number of aromatic amines is 1. The highest BCUT2D eigenvalue weighted by Crippen LogP contribution is 2.22. The number of nitrogens with zero attached hydrogens (tertiary/aromatic N) is 5. The molecule has 3 heterocycles. The van der Waals surface area contributed by atoms with Gasteiger partial charge in [0.1, 0.15) is 11.3 Å². The molecule has 3 N–H and O–H groups in total. The highest BCUT2D eigenvalue weighted by atomic mass is 19.3. The Labute approximate surface area is 151 Å². The summed E-state index contributed by atoms with van der Waals surface area (Å²) in [4.78, 5) is 8.73. The summed E-state index contributed by atoms with van der Waals surface area (Å²) in [6.45, 7) is -2.55. The van der Waals surface area contributed by atoms with Gasteiger partial charge in [0.15, 0.2) is 17.3 Å². The molecule has 0 unspecified atom stereocenters. The van der Waals surface area contributed by atoms with Gasteiger partial charge in [-0.1, -0.05) is 6.08 Å². The van der Waals surface area contributed by atoms with Gasteiger partial charge in [-0.15, -0.1) is 0 Å². The molecule has 140 valence electrons. The van der Waals surface area contributed by atoms with Gasteiger partial charge in [-0.05, 0) is 24.5 Å². The fourth-order valence-electron chi connectivity index (χ4n) is 2.72. The number of nitrogens with one attached hydrogen (secondary N) is 2. The van der Waals surface area contributed by atoms with Gasteiger partial charge in [0.25, 0.3) is 0 Å². The van der Waals surface area contributed by atoms with E-state index in [1.54, 1.807) is 17.0 Å². The molecule has 0 amide bonds. The topological polar surface area (TPSA) is 114 Å². The van der Waals surface area contributed by atoms with E-state index in [2.05, 4.69) is 35.3 Å². The minimum atomic E-state index is -2.94. The van der Waals surface area contributed by atoms with Crippen LogP contribution in [0.5, 0.6) is 5.88 Å². The van der Waals surface area contributed by atoms with Crippen molar-refractivity contribution >= 4 is 22.8 Å². The van der Waals surface area contributed by atoms with Gasteiger partial charge in [0, 0.05) is 6.07 Å². The normalized spacial score (nSPS) is 14.3. The summed E-state index contributed by atoms with van der Waals surface area (Å²) in [5.41, 5.74) is 1.98. The van der Waals surface area contributed by atoms with Gasteiger partial charge >= 0.3 is 6.61 Å². The number of rotatable bonds is 6. The molecule has 0 saturated carbocycles. The molecule has 4 rings (SSSR count). The van der Waals surface area contributed by atoms with Crippen LogP contribution in [0.15, 0.2) is 41.9 Å². The molecule has 1 aliphatic rings. The molecule has 0 aliphatic heterocycles. The van der Waals surface area contributed by atoms with Crippen molar-refractivity contribution in [2.75, 3.05) is 5.32 Å².